The molecular formula is C123H81N3O18. The Morgan fingerprint density at radius 3 is 0.257 bits per heavy atom. The summed E-state index contributed by atoms with van der Waals surface area (Å²) < 4.78 is 0. The van der Waals surface area contributed by atoms with Gasteiger partial charge in [-0.3, -0.25) is 0 Å². The normalized spacial score (nSPS) is 11.4. The minimum absolute atomic E-state index is 0.0489. The zero-order valence-corrected chi connectivity index (χ0v) is 76.1. The van der Waals surface area contributed by atoms with E-state index in [9.17, 15) is 89.1 Å². The maximum atomic E-state index is 12.6. The number of nitrogens with zero attached hydrogens (tertiary/aromatic N) is 3. The van der Waals surface area contributed by atoms with E-state index in [0.29, 0.717) is 150 Å². The fraction of sp³-hybridized carbons (Fsp3) is 0.0244. The van der Waals surface area contributed by atoms with Crippen LogP contribution >= 0.6 is 0 Å². The highest BCUT2D eigenvalue weighted by molar-refractivity contribution is 5.95. The van der Waals surface area contributed by atoms with Crippen molar-refractivity contribution in [1.82, 2.24) is 15.0 Å². The first kappa shape index (κ1) is 93.2. The van der Waals surface area contributed by atoms with Crippen LogP contribution in [-0.2, 0) is 16.2 Å². The van der Waals surface area contributed by atoms with Gasteiger partial charge in [0.2, 0.25) is 0 Å². The number of benzene rings is 18. The van der Waals surface area contributed by atoms with Gasteiger partial charge in [0.1, 0.15) is 16.2 Å². The van der Waals surface area contributed by atoms with Crippen molar-refractivity contribution in [3.8, 4) is 100 Å². The number of carbonyl (C=O) groups is 9. The Labute approximate surface area is 823 Å². The molecule has 19 aromatic rings. The predicted octanol–water partition coefficient (Wildman–Crippen LogP) is 25.3. The maximum Gasteiger partial charge on any atom is 0.335 e. The van der Waals surface area contributed by atoms with Crippen LogP contribution < -0.4 is 0 Å². The van der Waals surface area contributed by atoms with E-state index in [1.165, 1.54) is 109 Å². The number of aromatic nitrogens is 3. The lowest BCUT2D eigenvalue weighted by Gasteiger charge is -2.41. The van der Waals surface area contributed by atoms with Crippen LogP contribution in [0.1, 0.15) is 161 Å². The molecule has 0 aliphatic carbocycles. The molecule has 0 unspecified atom stereocenters. The zero-order chi connectivity index (χ0) is 100. The van der Waals surface area contributed by atoms with Crippen molar-refractivity contribution < 1.29 is 89.1 Å². The molecule has 1 heterocycles. The van der Waals surface area contributed by atoms with E-state index in [0.717, 1.165) is 0 Å². The molecule has 0 saturated carbocycles. The summed E-state index contributed by atoms with van der Waals surface area (Å²) in [5, 5.41) is 92.3. The molecule has 21 heteroatoms. The van der Waals surface area contributed by atoms with Gasteiger partial charge in [-0.1, -0.05) is 328 Å². The molecule has 1 aromatic heterocycles. The number of aromatic carboxylic acids is 9. The minimum atomic E-state index is -1.89. The van der Waals surface area contributed by atoms with Crippen molar-refractivity contribution in [2.75, 3.05) is 0 Å². The van der Waals surface area contributed by atoms with Crippen molar-refractivity contribution in [2.24, 2.45) is 0 Å². The molecular weight excluding hydrogens is 1810 g/mol. The maximum absolute atomic E-state index is 12.6. The summed E-state index contributed by atoms with van der Waals surface area (Å²) in [6.45, 7) is 0. The Bertz CT molecular complexity index is 6650. The Morgan fingerprint density at radius 2 is 0.188 bits per heavy atom. The molecule has 0 spiro atoms. The molecule has 0 amide bonds. The summed E-state index contributed by atoms with van der Waals surface area (Å²) >= 11 is 0. The van der Waals surface area contributed by atoms with Crippen LogP contribution in [0.5, 0.6) is 0 Å². The Hall–Kier alpha value is -19.8. The second-order valence-corrected chi connectivity index (χ2v) is 34.7. The quantitative estimate of drug-likeness (QED) is 0.0189. The van der Waals surface area contributed by atoms with Gasteiger partial charge >= 0.3 is 53.7 Å². The van der Waals surface area contributed by atoms with Crippen molar-refractivity contribution in [3.05, 3.63) is 554 Å². The molecule has 0 aliphatic heterocycles. The molecule has 696 valence electrons. The van der Waals surface area contributed by atoms with E-state index in [1.807, 2.05) is 218 Å². The smallest absolute Gasteiger partial charge is 0.335 e. The topological polar surface area (TPSA) is 374 Å². The van der Waals surface area contributed by atoms with Crippen molar-refractivity contribution in [2.45, 2.75) is 16.2 Å². The van der Waals surface area contributed by atoms with Gasteiger partial charge in [0.05, 0.1) is 50.1 Å². The second-order valence-electron chi connectivity index (χ2n) is 34.7. The average molecular weight is 1890 g/mol. The first-order valence-corrected chi connectivity index (χ1v) is 45.5. The monoisotopic (exact) mass is 1890 g/mol. The molecule has 18 aromatic carbocycles. The lowest BCUT2D eigenvalue weighted by atomic mass is 9.65. The van der Waals surface area contributed by atoms with Crippen LogP contribution in [-0.4, -0.2) is 115 Å². The standard InChI is InChI=1S/C123H81N3O18/c127-109(128)91-19-1-73(2-20-91)82-37-55-100(56-38-82)121(101-57-39-83(40-58-101)74-3-21-92(22-4-74)110(129)130,102-59-41-84(42-60-102)75-5-23-93(24-6-75)111(131)132)118-124-119(122(103-61-43-85(44-62-103)76-7-25-94(26-8-76)112(133)134,104-63-45-86(46-64-104)77-9-27-95(28-10-77)113(135)136)105-65-47-87(48-66-105)78-11-29-96(30-12-78)114(137)138)126-120(125-118)123(106-67-49-88(50-68-106)79-13-31-97(32-14-79)115(139)140,107-69-51-89(52-70-107)80-15-33-98(34-16-80)116(141)142)108-71-53-90(54-72-108)81-17-35-99(36-18-81)117(143)144/h1-72H,(H,127,128)(H,129,130)(H,131,132)(H,133,134)(H,135,136)(H,137,138)(H,139,140)(H,141,142)(H,143,144). The van der Waals surface area contributed by atoms with E-state index >= 15 is 0 Å². The number of hydrogen-bond acceptors (Lipinski definition) is 12. The third kappa shape index (κ3) is 18.0. The van der Waals surface area contributed by atoms with Gasteiger partial charge in [-0.15, -0.1) is 0 Å². The van der Waals surface area contributed by atoms with E-state index in [1.54, 1.807) is 109 Å². The molecule has 0 atom stereocenters. The first-order valence-electron chi connectivity index (χ1n) is 45.5. The minimum Gasteiger partial charge on any atom is -0.478 e. The van der Waals surface area contributed by atoms with Crippen LogP contribution in [0.25, 0.3) is 100 Å². The number of carboxylic acid groups (broad SMARTS) is 9. The van der Waals surface area contributed by atoms with Crippen LogP contribution in [0.2, 0.25) is 0 Å². The van der Waals surface area contributed by atoms with Crippen molar-refractivity contribution in [3.63, 3.8) is 0 Å². The lowest BCUT2D eigenvalue weighted by molar-refractivity contribution is 0.0686. The SMILES string of the molecule is O=C(O)c1ccc(-c2ccc(C(c3ccc(-c4ccc(C(=O)O)cc4)cc3)(c3ccc(-c4ccc(C(=O)O)cc4)cc3)c3nc(C(c4ccc(-c5ccc(C(=O)O)cc5)cc4)(c4ccc(-c5ccc(C(=O)O)cc5)cc4)c4ccc(-c5ccc(C(=O)O)cc5)cc4)nc(C(c4ccc(-c5ccc(C(=O)O)cc5)cc4)(c4ccc(-c5ccc(C(=O)O)cc5)cc4)c4ccc(-c5ccc(C(=O)O)cc5)cc4)n3)cc2)cc1. The van der Waals surface area contributed by atoms with Gasteiger partial charge in [0.15, 0.2) is 17.5 Å². The summed E-state index contributed by atoms with van der Waals surface area (Å²) in [6.07, 6.45) is 0. The van der Waals surface area contributed by atoms with Gasteiger partial charge in [-0.2, -0.15) is 0 Å². The first-order chi connectivity index (χ1) is 69.7. The zero-order valence-electron chi connectivity index (χ0n) is 76.1. The second kappa shape index (κ2) is 39.0. The van der Waals surface area contributed by atoms with Crippen LogP contribution in [0.15, 0.2) is 437 Å². The molecule has 0 radical (unpaired) electrons. The van der Waals surface area contributed by atoms with Crippen LogP contribution in [0, 0.1) is 0 Å². The summed E-state index contributed by atoms with van der Waals surface area (Å²) in [4.78, 5) is 132. The molecule has 0 bridgehead atoms. The third-order valence-corrected chi connectivity index (χ3v) is 26.7. The van der Waals surface area contributed by atoms with Gasteiger partial charge in [-0.05, 0) is 259 Å². The molecule has 144 heavy (non-hydrogen) atoms. The molecule has 0 fully saturated rings. The van der Waals surface area contributed by atoms with E-state index in [4.69, 9.17) is 15.0 Å². The molecule has 19 rings (SSSR count). The molecule has 0 aliphatic rings. The summed E-state index contributed by atoms with van der Waals surface area (Å²) in [7, 11) is 0. The van der Waals surface area contributed by atoms with Gasteiger partial charge < -0.3 is 46.0 Å². The molecule has 9 N–H and O–H groups in total. The number of carboxylic acids is 9. The summed E-state index contributed by atoms with van der Waals surface area (Å²) in [5.74, 6) is -10.0. The fourth-order valence-corrected chi connectivity index (χ4v) is 19.0. The highest BCUT2D eigenvalue weighted by atomic mass is 16.4. The fourth-order valence-electron chi connectivity index (χ4n) is 19.0. The number of rotatable bonds is 30. The largest absolute Gasteiger partial charge is 0.478 e. The van der Waals surface area contributed by atoms with Gasteiger partial charge in [0.25, 0.3) is 0 Å². The molecule has 0 saturated heterocycles. The number of hydrogen-bond donors (Lipinski definition) is 9. The third-order valence-electron chi connectivity index (χ3n) is 26.7. The van der Waals surface area contributed by atoms with Gasteiger partial charge in [-0.25, -0.2) is 58.1 Å². The van der Waals surface area contributed by atoms with Gasteiger partial charge in [0, 0.05) is 0 Å². The van der Waals surface area contributed by atoms with Crippen LogP contribution in [0.3, 0.4) is 0 Å². The summed E-state index contributed by atoms with van der Waals surface area (Å²) in [6, 6.07) is 128. The predicted molar refractivity (Wildman–Crippen MR) is 546 cm³/mol. The summed E-state index contributed by atoms with van der Waals surface area (Å²) in [5.41, 5.74) is 11.3. The Kier molecular flexibility index (Phi) is 25.2. The molecule has 21 nitrogen and oxygen atoms in total. The van der Waals surface area contributed by atoms with Crippen molar-refractivity contribution in [1.29, 1.82) is 0 Å². The van der Waals surface area contributed by atoms with E-state index in [-0.39, 0.29) is 67.5 Å². The lowest BCUT2D eigenvalue weighted by Crippen LogP contribution is -2.41. The van der Waals surface area contributed by atoms with E-state index < -0.39 is 70.0 Å². The highest BCUT2D eigenvalue weighted by Crippen LogP contribution is 2.54. The van der Waals surface area contributed by atoms with Crippen molar-refractivity contribution >= 4 is 53.7 Å². The van der Waals surface area contributed by atoms with E-state index in [2.05, 4.69) is 0 Å². The Morgan fingerprint density at radius 1 is 0.118 bits per heavy atom. The average Bonchev–Trinajstić information content (AvgIpc) is 0.695. The Balaban J connectivity index is 1.02. The van der Waals surface area contributed by atoms with Crippen LogP contribution in [0.4, 0.5) is 0 Å². The highest BCUT2D eigenvalue weighted by Gasteiger charge is 2.51.